The van der Waals surface area contributed by atoms with Crippen molar-refractivity contribution < 1.29 is 4.79 Å². The first kappa shape index (κ1) is 18.2. The molecule has 130 valence electrons. The molecule has 2 nitrogen and oxygen atoms in total. The maximum Gasteiger partial charge on any atom is 0.240 e. The Hall–Kier alpha value is -1.65. The number of hydrogen-bond acceptors (Lipinski definition) is 3. The normalized spacial score (nSPS) is 18.0. The second kappa shape index (κ2) is 8.15. The van der Waals surface area contributed by atoms with Gasteiger partial charge in [-0.05, 0) is 44.5 Å². The van der Waals surface area contributed by atoms with Gasteiger partial charge in [0, 0.05) is 22.6 Å². The molecule has 4 heteroatoms. The predicted octanol–water partition coefficient (Wildman–Crippen LogP) is 5.64. The first-order valence-electron chi connectivity index (χ1n) is 8.42. The van der Waals surface area contributed by atoms with Crippen molar-refractivity contribution in [3.05, 3.63) is 65.7 Å². The standard InChI is InChI=1S/C21H23NOS2/c1-15(16(2)14-24-17-9-5-4-6-10-17)13-20-21(23)22(3)18-11-7-8-12-19(18)25-20/h4-12,20H,13-14H2,1-3H3/b16-15-. The zero-order valence-electron chi connectivity index (χ0n) is 14.9. The van der Waals surface area contributed by atoms with E-state index in [0.717, 1.165) is 17.9 Å². The minimum atomic E-state index is -0.0309. The number of allylic oxidation sites excluding steroid dienone is 1. The Morgan fingerprint density at radius 3 is 2.48 bits per heavy atom. The molecular weight excluding hydrogens is 346 g/mol. The monoisotopic (exact) mass is 369 g/mol. The summed E-state index contributed by atoms with van der Waals surface area (Å²) in [6.45, 7) is 4.34. The summed E-state index contributed by atoms with van der Waals surface area (Å²) in [7, 11) is 1.88. The van der Waals surface area contributed by atoms with Crippen molar-refractivity contribution in [2.45, 2.75) is 35.3 Å². The number of thioether (sulfide) groups is 2. The van der Waals surface area contributed by atoms with E-state index < -0.39 is 0 Å². The first-order valence-corrected chi connectivity index (χ1v) is 10.3. The van der Waals surface area contributed by atoms with E-state index in [4.69, 9.17) is 0 Å². The van der Waals surface area contributed by atoms with Crippen molar-refractivity contribution in [1.29, 1.82) is 0 Å². The van der Waals surface area contributed by atoms with Crippen LogP contribution >= 0.6 is 23.5 Å². The maximum atomic E-state index is 12.7. The Balaban J connectivity index is 1.67. The summed E-state index contributed by atoms with van der Waals surface area (Å²) in [5.74, 6) is 1.17. The zero-order valence-corrected chi connectivity index (χ0v) is 16.5. The Morgan fingerprint density at radius 2 is 1.72 bits per heavy atom. The summed E-state index contributed by atoms with van der Waals surface area (Å²) in [5, 5.41) is -0.0309. The number of carbonyl (C=O) groups is 1. The number of nitrogens with zero attached hydrogens (tertiary/aromatic N) is 1. The van der Waals surface area contributed by atoms with Gasteiger partial charge in [-0.2, -0.15) is 0 Å². The molecule has 3 rings (SSSR count). The number of rotatable bonds is 5. The van der Waals surface area contributed by atoms with Crippen LogP contribution in [0.2, 0.25) is 0 Å². The van der Waals surface area contributed by atoms with Gasteiger partial charge < -0.3 is 4.90 Å². The molecule has 1 aliphatic rings. The lowest BCUT2D eigenvalue weighted by Gasteiger charge is -2.31. The molecule has 0 N–H and O–H groups in total. The number of carbonyl (C=O) groups excluding carboxylic acids is 1. The van der Waals surface area contributed by atoms with Crippen LogP contribution in [0, 0.1) is 0 Å². The zero-order chi connectivity index (χ0) is 17.8. The number of amides is 1. The highest BCUT2D eigenvalue weighted by atomic mass is 32.2. The Bertz CT molecular complexity index is 785. The molecule has 0 saturated heterocycles. The molecule has 0 spiro atoms. The fourth-order valence-electron chi connectivity index (χ4n) is 2.79. The topological polar surface area (TPSA) is 20.3 Å². The minimum Gasteiger partial charge on any atom is -0.313 e. The lowest BCUT2D eigenvalue weighted by Crippen LogP contribution is -2.38. The highest BCUT2D eigenvalue weighted by Gasteiger charge is 2.31. The molecule has 1 atom stereocenters. The van der Waals surface area contributed by atoms with Crippen molar-refractivity contribution in [1.82, 2.24) is 0 Å². The first-order chi connectivity index (χ1) is 12.1. The highest BCUT2D eigenvalue weighted by molar-refractivity contribution is 8.01. The van der Waals surface area contributed by atoms with Crippen molar-refractivity contribution >= 4 is 35.1 Å². The molecular formula is C21H23NOS2. The van der Waals surface area contributed by atoms with E-state index in [-0.39, 0.29) is 11.2 Å². The van der Waals surface area contributed by atoms with Gasteiger partial charge in [0.15, 0.2) is 0 Å². The van der Waals surface area contributed by atoms with E-state index in [9.17, 15) is 4.79 Å². The van der Waals surface area contributed by atoms with Crippen LogP contribution in [-0.4, -0.2) is 24.0 Å². The average Bonchev–Trinajstić information content (AvgIpc) is 2.64. The predicted molar refractivity (Wildman–Crippen MR) is 110 cm³/mol. The summed E-state index contributed by atoms with van der Waals surface area (Å²) in [5.41, 5.74) is 3.71. The van der Waals surface area contributed by atoms with Crippen molar-refractivity contribution in [2.75, 3.05) is 17.7 Å². The molecule has 2 aromatic carbocycles. The van der Waals surface area contributed by atoms with Crippen LogP contribution in [0.3, 0.4) is 0 Å². The van der Waals surface area contributed by atoms with Gasteiger partial charge in [-0.25, -0.2) is 0 Å². The molecule has 1 heterocycles. The highest BCUT2D eigenvalue weighted by Crippen LogP contribution is 2.40. The number of para-hydroxylation sites is 1. The number of hydrogen-bond donors (Lipinski definition) is 0. The van der Waals surface area contributed by atoms with Crippen LogP contribution in [0.15, 0.2) is 75.5 Å². The molecule has 2 aromatic rings. The van der Waals surface area contributed by atoms with E-state index in [1.54, 1.807) is 16.7 Å². The molecule has 25 heavy (non-hydrogen) atoms. The second-order valence-corrected chi connectivity index (χ2v) is 8.63. The number of benzene rings is 2. The van der Waals surface area contributed by atoms with Crippen molar-refractivity contribution in [2.24, 2.45) is 0 Å². The molecule has 1 amide bonds. The van der Waals surface area contributed by atoms with Gasteiger partial charge in [0.25, 0.3) is 0 Å². The molecule has 1 aliphatic heterocycles. The van der Waals surface area contributed by atoms with E-state index in [0.29, 0.717) is 0 Å². The lowest BCUT2D eigenvalue weighted by atomic mass is 10.1. The van der Waals surface area contributed by atoms with E-state index >= 15 is 0 Å². The summed E-state index contributed by atoms with van der Waals surface area (Å²) in [6.07, 6.45) is 0.809. The summed E-state index contributed by atoms with van der Waals surface area (Å²) in [6, 6.07) is 18.6. The van der Waals surface area contributed by atoms with Crippen LogP contribution < -0.4 is 4.90 Å². The summed E-state index contributed by atoms with van der Waals surface area (Å²) < 4.78 is 0. The van der Waals surface area contributed by atoms with E-state index in [1.807, 2.05) is 43.1 Å². The number of fused-ring (bicyclic) bond motifs is 1. The van der Waals surface area contributed by atoms with E-state index in [1.165, 1.54) is 20.9 Å². The summed E-state index contributed by atoms with van der Waals surface area (Å²) >= 11 is 3.55. The van der Waals surface area contributed by atoms with Crippen molar-refractivity contribution in [3.63, 3.8) is 0 Å². The van der Waals surface area contributed by atoms with Gasteiger partial charge in [-0.3, -0.25) is 4.79 Å². The fourth-order valence-corrected chi connectivity index (χ4v) is 5.15. The SMILES string of the molecule is C/C(CSc1ccccc1)=C(\C)CC1Sc2ccccc2N(C)C1=O. The molecule has 0 radical (unpaired) electrons. The third kappa shape index (κ3) is 4.31. The smallest absolute Gasteiger partial charge is 0.240 e. The van der Waals surface area contributed by atoms with Gasteiger partial charge in [-0.1, -0.05) is 41.5 Å². The maximum absolute atomic E-state index is 12.7. The van der Waals surface area contributed by atoms with Gasteiger partial charge in [-0.15, -0.1) is 23.5 Å². The van der Waals surface area contributed by atoms with Crippen LogP contribution in [0.4, 0.5) is 5.69 Å². The fraction of sp³-hybridized carbons (Fsp3) is 0.286. The van der Waals surface area contributed by atoms with Crippen LogP contribution in [0.5, 0.6) is 0 Å². The molecule has 1 unspecified atom stereocenters. The summed E-state index contributed by atoms with van der Waals surface area (Å²) in [4.78, 5) is 17.0. The Kier molecular flexibility index (Phi) is 5.92. The number of anilines is 1. The quantitative estimate of drug-likeness (QED) is 0.502. The average molecular weight is 370 g/mol. The van der Waals surface area contributed by atoms with Crippen LogP contribution in [0.25, 0.3) is 0 Å². The van der Waals surface area contributed by atoms with Crippen LogP contribution in [0.1, 0.15) is 20.3 Å². The van der Waals surface area contributed by atoms with E-state index in [2.05, 4.69) is 44.2 Å². The third-order valence-electron chi connectivity index (χ3n) is 4.52. The largest absolute Gasteiger partial charge is 0.313 e. The third-order valence-corrected chi connectivity index (χ3v) is 6.96. The Morgan fingerprint density at radius 1 is 1.04 bits per heavy atom. The molecule has 0 fully saturated rings. The minimum absolute atomic E-state index is 0.0309. The van der Waals surface area contributed by atoms with Gasteiger partial charge >= 0.3 is 0 Å². The lowest BCUT2D eigenvalue weighted by molar-refractivity contribution is -0.117. The Labute approximate surface area is 158 Å². The van der Waals surface area contributed by atoms with Gasteiger partial charge in [0.05, 0.1) is 10.9 Å². The van der Waals surface area contributed by atoms with Gasteiger partial charge in [0.2, 0.25) is 5.91 Å². The molecule has 0 aromatic heterocycles. The molecule has 0 aliphatic carbocycles. The van der Waals surface area contributed by atoms with Gasteiger partial charge in [0.1, 0.15) is 0 Å². The second-order valence-electron chi connectivity index (χ2n) is 6.34. The molecule has 0 saturated carbocycles. The van der Waals surface area contributed by atoms with Crippen molar-refractivity contribution in [3.8, 4) is 0 Å². The molecule has 0 bridgehead atoms. The van der Waals surface area contributed by atoms with Crippen LogP contribution in [-0.2, 0) is 4.79 Å².